The third-order valence-corrected chi connectivity index (χ3v) is 2.41. The Labute approximate surface area is 80.0 Å². The molecule has 0 unspecified atom stereocenters. The molecule has 0 radical (unpaired) electrons. The molecule has 0 aromatic heterocycles. The van der Waals surface area contributed by atoms with Crippen LogP contribution in [0.15, 0.2) is 11.6 Å². The smallest absolute Gasteiger partial charge is 0.330 e. The Balaban J connectivity index is 2.44. The van der Waals surface area contributed by atoms with Gasteiger partial charge in [-0.2, -0.15) is 0 Å². The van der Waals surface area contributed by atoms with Crippen molar-refractivity contribution in [1.29, 1.82) is 0 Å². The van der Waals surface area contributed by atoms with E-state index in [-0.39, 0.29) is 5.97 Å². The van der Waals surface area contributed by atoms with Crippen LogP contribution in [0.4, 0.5) is 0 Å². The number of carbonyl (C=O) groups excluding carboxylic acids is 1. The van der Waals surface area contributed by atoms with Gasteiger partial charge in [-0.1, -0.05) is 18.9 Å². The molecule has 1 fully saturated rings. The summed E-state index contributed by atoms with van der Waals surface area (Å²) in [5.74, 6) is 0.557. The van der Waals surface area contributed by atoms with Gasteiger partial charge in [0, 0.05) is 6.08 Å². The summed E-state index contributed by atoms with van der Waals surface area (Å²) in [6.07, 6.45) is 6.33. The molecule has 2 nitrogen and oxygen atoms in total. The Morgan fingerprint density at radius 1 is 1.69 bits per heavy atom. The summed E-state index contributed by atoms with van der Waals surface area (Å²) in [7, 11) is 0. The van der Waals surface area contributed by atoms with Gasteiger partial charge in [-0.25, -0.2) is 4.79 Å². The first-order valence-electron chi connectivity index (χ1n) is 5.08. The number of rotatable bonds is 2. The molecule has 0 amide bonds. The molecule has 0 N–H and O–H groups in total. The molecule has 1 rings (SSSR count). The lowest BCUT2D eigenvalue weighted by molar-refractivity contribution is -0.137. The van der Waals surface area contributed by atoms with Gasteiger partial charge in [0.25, 0.3) is 0 Å². The minimum absolute atomic E-state index is 0.174. The SMILES string of the molecule is CCOC(=O)C=C1CCC[C@@H](C)C1. The van der Waals surface area contributed by atoms with Gasteiger partial charge >= 0.3 is 5.97 Å². The van der Waals surface area contributed by atoms with Crippen molar-refractivity contribution in [2.45, 2.75) is 39.5 Å². The first-order chi connectivity index (χ1) is 6.22. The molecular formula is C11H18O2. The second-order valence-corrected chi connectivity index (χ2v) is 3.76. The number of esters is 1. The molecule has 1 saturated carbocycles. The lowest BCUT2D eigenvalue weighted by Crippen LogP contribution is -2.07. The molecule has 1 aliphatic rings. The molecular weight excluding hydrogens is 164 g/mol. The highest BCUT2D eigenvalue weighted by Gasteiger charge is 2.13. The molecule has 1 aliphatic carbocycles. The Hall–Kier alpha value is -0.790. The predicted octanol–water partition coefficient (Wildman–Crippen LogP) is 2.69. The summed E-state index contributed by atoms with van der Waals surface area (Å²) in [4.78, 5) is 11.1. The first-order valence-corrected chi connectivity index (χ1v) is 5.08. The Morgan fingerprint density at radius 2 is 2.46 bits per heavy atom. The maximum Gasteiger partial charge on any atom is 0.330 e. The third-order valence-electron chi connectivity index (χ3n) is 2.41. The van der Waals surface area contributed by atoms with Crippen molar-refractivity contribution in [2.24, 2.45) is 5.92 Å². The van der Waals surface area contributed by atoms with Crippen LogP contribution in [0.3, 0.4) is 0 Å². The van der Waals surface area contributed by atoms with Crippen LogP contribution in [-0.2, 0) is 9.53 Å². The van der Waals surface area contributed by atoms with Crippen LogP contribution < -0.4 is 0 Å². The maximum atomic E-state index is 11.1. The van der Waals surface area contributed by atoms with E-state index in [0.29, 0.717) is 6.61 Å². The summed E-state index contributed by atoms with van der Waals surface area (Å²) in [5.41, 5.74) is 1.26. The lowest BCUT2D eigenvalue weighted by Gasteiger charge is -2.19. The van der Waals surface area contributed by atoms with Gasteiger partial charge in [0.1, 0.15) is 0 Å². The van der Waals surface area contributed by atoms with Crippen molar-refractivity contribution in [3.63, 3.8) is 0 Å². The van der Waals surface area contributed by atoms with Gasteiger partial charge in [-0.15, -0.1) is 0 Å². The minimum Gasteiger partial charge on any atom is -0.463 e. The van der Waals surface area contributed by atoms with Crippen LogP contribution in [0.25, 0.3) is 0 Å². The van der Waals surface area contributed by atoms with Gasteiger partial charge in [0.2, 0.25) is 0 Å². The fraction of sp³-hybridized carbons (Fsp3) is 0.727. The first kappa shape index (κ1) is 10.3. The molecule has 13 heavy (non-hydrogen) atoms. The van der Waals surface area contributed by atoms with Crippen molar-refractivity contribution in [3.05, 3.63) is 11.6 Å². The lowest BCUT2D eigenvalue weighted by atomic mass is 9.87. The van der Waals surface area contributed by atoms with E-state index in [9.17, 15) is 4.79 Å². The van der Waals surface area contributed by atoms with Crippen LogP contribution in [-0.4, -0.2) is 12.6 Å². The number of ether oxygens (including phenoxy) is 1. The average Bonchev–Trinajstić information content (AvgIpc) is 2.04. The normalized spacial score (nSPS) is 26.0. The highest BCUT2D eigenvalue weighted by molar-refractivity contribution is 5.82. The molecule has 0 aliphatic heterocycles. The van der Waals surface area contributed by atoms with Crippen LogP contribution in [0.1, 0.15) is 39.5 Å². The van der Waals surface area contributed by atoms with Crippen molar-refractivity contribution < 1.29 is 9.53 Å². The summed E-state index contributed by atoms with van der Waals surface area (Å²) in [5, 5.41) is 0. The van der Waals surface area contributed by atoms with Gasteiger partial charge in [-0.3, -0.25) is 0 Å². The molecule has 0 aromatic carbocycles. The van der Waals surface area contributed by atoms with Gasteiger partial charge in [0.05, 0.1) is 6.61 Å². The van der Waals surface area contributed by atoms with E-state index >= 15 is 0 Å². The quantitative estimate of drug-likeness (QED) is 0.485. The van der Waals surface area contributed by atoms with E-state index in [1.165, 1.54) is 18.4 Å². The molecule has 1 atom stereocenters. The molecule has 74 valence electrons. The highest BCUT2D eigenvalue weighted by Crippen LogP contribution is 2.27. The van der Waals surface area contributed by atoms with Crippen LogP contribution >= 0.6 is 0 Å². The summed E-state index contributed by atoms with van der Waals surface area (Å²) < 4.78 is 4.86. The zero-order valence-corrected chi connectivity index (χ0v) is 8.51. The maximum absolute atomic E-state index is 11.1. The Bertz CT molecular complexity index is 206. The number of hydrogen-bond acceptors (Lipinski definition) is 2. The van der Waals surface area contributed by atoms with Gasteiger partial charge < -0.3 is 4.74 Å². The average molecular weight is 182 g/mol. The summed E-state index contributed by atoms with van der Waals surface area (Å²) >= 11 is 0. The zero-order chi connectivity index (χ0) is 9.68. The van der Waals surface area contributed by atoms with Crippen molar-refractivity contribution in [3.8, 4) is 0 Å². The number of carbonyl (C=O) groups is 1. The van der Waals surface area contributed by atoms with Crippen molar-refractivity contribution in [1.82, 2.24) is 0 Å². The highest BCUT2D eigenvalue weighted by atomic mass is 16.5. The monoisotopic (exact) mass is 182 g/mol. The largest absolute Gasteiger partial charge is 0.463 e. The Kier molecular flexibility index (Phi) is 4.00. The van der Waals surface area contributed by atoms with E-state index < -0.39 is 0 Å². The van der Waals surface area contributed by atoms with Gasteiger partial charge in [0.15, 0.2) is 0 Å². The van der Waals surface area contributed by atoms with E-state index in [0.717, 1.165) is 18.8 Å². The Morgan fingerprint density at radius 3 is 3.08 bits per heavy atom. The molecule has 0 heterocycles. The van der Waals surface area contributed by atoms with E-state index in [2.05, 4.69) is 6.92 Å². The third kappa shape index (κ3) is 3.62. The van der Waals surface area contributed by atoms with Crippen molar-refractivity contribution in [2.75, 3.05) is 6.61 Å². The second kappa shape index (κ2) is 5.05. The second-order valence-electron chi connectivity index (χ2n) is 3.76. The topological polar surface area (TPSA) is 26.3 Å². The number of hydrogen-bond donors (Lipinski definition) is 0. The van der Waals surface area contributed by atoms with E-state index in [1.54, 1.807) is 6.08 Å². The standard InChI is InChI=1S/C11H18O2/c1-3-13-11(12)8-10-6-4-5-9(2)7-10/h8-9H,3-7H2,1-2H3/t9-/m1/s1. The van der Waals surface area contributed by atoms with Crippen LogP contribution in [0.5, 0.6) is 0 Å². The minimum atomic E-state index is -0.174. The van der Waals surface area contributed by atoms with Crippen LogP contribution in [0, 0.1) is 5.92 Å². The molecule has 2 heteroatoms. The van der Waals surface area contributed by atoms with Gasteiger partial charge in [-0.05, 0) is 32.1 Å². The molecule has 0 bridgehead atoms. The summed E-state index contributed by atoms with van der Waals surface area (Å²) in [6.45, 7) is 4.54. The van der Waals surface area contributed by atoms with Crippen molar-refractivity contribution >= 4 is 5.97 Å². The molecule has 0 aromatic rings. The van der Waals surface area contributed by atoms with E-state index in [1.807, 2.05) is 6.92 Å². The summed E-state index contributed by atoms with van der Waals surface area (Å²) in [6, 6.07) is 0. The number of allylic oxidation sites excluding steroid dienone is 1. The molecule has 0 spiro atoms. The van der Waals surface area contributed by atoms with Crippen LogP contribution in [0.2, 0.25) is 0 Å². The molecule has 0 saturated heterocycles. The zero-order valence-electron chi connectivity index (χ0n) is 8.51. The predicted molar refractivity (Wildman–Crippen MR) is 52.3 cm³/mol. The fourth-order valence-electron chi connectivity index (χ4n) is 1.81. The van der Waals surface area contributed by atoms with E-state index in [4.69, 9.17) is 4.74 Å². The fourth-order valence-corrected chi connectivity index (χ4v) is 1.81.